The van der Waals surface area contributed by atoms with Crippen molar-refractivity contribution in [2.75, 3.05) is 60.5 Å². The SMILES string of the molecule is COCCN1CCN(C2=NC(=O)/C(=C/c3ccc(F)cc3OC(=O)N(C)C)S2)CC1. The fourth-order valence-electron chi connectivity index (χ4n) is 2.96. The summed E-state index contributed by atoms with van der Waals surface area (Å²) in [6.45, 7) is 4.88. The molecule has 0 bridgehead atoms. The van der Waals surface area contributed by atoms with Crippen molar-refractivity contribution in [3.05, 3.63) is 34.5 Å². The minimum atomic E-state index is -0.631. The van der Waals surface area contributed by atoms with Crippen LogP contribution in [-0.2, 0) is 9.53 Å². The number of amidine groups is 1. The molecule has 2 amide bonds. The summed E-state index contributed by atoms with van der Waals surface area (Å²) in [7, 11) is 4.75. The summed E-state index contributed by atoms with van der Waals surface area (Å²) in [6, 6.07) is 3.85. The lowest BCUT2D eigenvalue weighted by atomic mass is 10.2. The summed E-state index contributed by atoms with van der Waals surface area (Å²) in [4.78, 5) is 34.5. The highest BCUT2D eigenvalue weighted by molar-refractivity contribution is 8.18. The van der Waals surface area contributed by atoms with Crippen molar-refractivity contribution in [3.63, 3.8) is 0 Å². The van der Waals surface area contributed by atoms with Crippen LogP contribution in [-0.4, -0.2) is 92.4 Å². The Bertz CT molecular complexity index is 866. The Kier molecular flexibility index (Phi) is 7.46. The van der Waals surface area contributed by atoms with Crippen molar-refractivity contribution in [3.8, 4) is 5.75 Å². The second kappa shape index (κ2) is 10.1. The number of rotatable bonds is 5. The second-order valence-corrected chi connectivity index (χ2v) is 8.09. The van der Waals surface area contributed by atoms with Gasteiger partial charge in [-0.1, -0.05) is 0 Å². The van der Waals surface area contributed by atoms with E-state index in [2.05, 4.69) is 14.8 Å². The molecule has 0 unspecified atom stereocenters. The molecule has 1 aromatic carbocycles. The molecule has 0 saturated carbocycles. The first kappa shape index (κ1) is 22.3. The minimum absolute atomic E-state index is 0.0507. The number of amides is 2. The van der Waals surface area contributed by atoms with Gasteiger partial charge in [0.15, 0.2) is 5.17 Å². The number of ether oxygens (including phenoxy) is 2. The Hall–Kier alpha value is -2.43. The Morgan fingerprint density at radius 1 is 1.30 bits per heavy atom. The number of piperazine rings is 1. The molecule has 1 aromatic rings. The Labute approximate surface area is 179 Å². The van der Waals surface area contributed by atoms with E-state index in [1.54, 1.807) is 13.2 Å². The van der Waals surface area contributed by atoms with Gasteiger partial charge in [0.25, 0.3) is 5.91 Å². The van der Waals surface area contributed by atoms with Crippen molar-refractivity contribution in [1.82, 2.24) is 14.7 Å². The molecule has 0 aromatic heterocycles. The molecule has 1 fully saturated rings. The number of hydrogen-bond acceptors (Lipinski definition) is 7. The first-order valence-electron chi connectivity index (χ1n) is 9.55. The van der Waals surface area contributed by atoms with Gasteiger partial charge in [-0.15, -0.1) is 0 Å². The standard InChI is InChI=1S/C20H25FN4O4S/c1-23(2)20(27)29-16-13-15(21)5-4-14(16)12-17-18(26)22-19(30-17)25-8-6-24(7-9-25)10-11-28-3/h4-5,12-13H,6-11H2,1-3H3/b17-12-. The maximum atomic E-state index is 13.7. The number of hydrogen-bond donors (Lipinski definition) is 0. The van der Waals surface area contributed by atoms with Crippen molar-refractivity contribution >= 4 is 35.0 Å². The number of methoxy groups -OCH3 is 1. The van der Waals surface area contributed by atoms with Gasteiger partial charge in [0.05, 0.1) is 11.5 Å². The van der Waals surface area contributed by atoms with Gasteiger partial charge in [-0.3, -0.25) is 9.69 Å². The molecule has 2 aliphatic rings. The molecule has 0 atom stereocenters. The van der Waals surface area contributed by atoms with Gasteiger partial charge in [-0.05, 0) is 30.0 Å². The molecule has 162 valence electrons. The summed E-state index contributed by atoms with van der Waals surface area (Å²) < 4.78 is 24.0. The van der Waals surface area contributed by atoms with E-state index in [0.29, 0.717) is 22.2 Å². The van der Waals surface area contributed by atoms with Crippen molar-refractivity contribution in [2.24, 2.45) is 4.99 Å². The van der Waals surface area contributed by atoms with Crippen LogP contribution in [0.3, 0.4) is 0 Å². The summed E-state index contributed by atoms with van der Waals surface area (Å²) >= 11 is 1.28. The lowest BCUT2D eigenvalue weighted by Crippen LogP contribution is -2.48. The molecule has 0 N–H and O–H groups in total. The van der Waals surface area contributed by atoms with Crippen LogP contribution in [0, 0.1) is 5.82 Å². The summed E-state index contributed by atoms with van der Waals surface area (Å²) in [5.74, 6) is -0.840. The highest BCUT2D eigenvalue weighted by Gasteiger charge is 2.28. The van der Waals surface area contributed by atoms with E-state index in [1.165, 1.54) is 42.9 Å². The molecule has 2 heterocycles. The van der Waals surface area contributed by atoms with E-state index in [9.17, 15) is 14.0 Å². The third kappa shape index (κ3) is 5.59. The monoisotopic (exact) mass is 436 g/mol. The van der Waals surface area contributed by atoms with E-state index in [-0.39, 0.29) is 11.7 Å². The molecule has 3 rings (SSSR count). The van der Waals surface area contributed by atoms with Crippen molar-refractivity contribution in [1.29, 1.82) is 0 Å². The molecular weight excluding hydrogens is 411 g/mol. The summed E-state index contributed by atoms with van der Waals surface area (Å²) in [5.41, 5.74) is 0.434. The van der Waals surface area contributed by atoms with E-state index < -0.39 is 11.9 Å². The molecule has 2 aliphatic heterocycles. The maximum Gasteiger partial charge on any atom is 0.414 e. The van der Waals surface area contributed by atoms with Gasteiger partial charge >= 0.3 is 6.09 Å². The number of thioether (sulfide) groups is 1. The van der Waals surface area contributed by atoms with E-state index in [4.69, 9.17) is 9.47 Å². The van der Waals surface area contributed by atoms with Crippen LogP contribution in [0.5, 0.6) is 5.75 Å². The van der Waals surface area contributed by atoms with Gasteiger partial charge in [0.2, 0.25) is 0 Å². The molecule has 0 radical (unpaired) electrons. The quantitative estimate of drug-likeness (QED) is 0.655. The number of benzene rings is 1. The Morgan fingerprint density at radius 2 is 2.03 bits per heavy atom. The Balaban J connectivity index is 1.69. The number of halogens is 1. The van der Waals surface area contributed by atoms with Crippen molar-refractivity contribution < 1.29 is 23.5 Å². The second-order valence-electron chi connectivity index (χ2n) is 7.08. The van der Waals surface area contributed by atoms with Gasteiger partial charge in [0, 0.05) is 65.6 Å². The third-order valence-electron chi connectivity index (χ3n) is 4.69. The molecule has 30 heavy (non-hydrogen) atoms. The van der Waals surface area contributed by atoms with Gasteiger partial charge < -0.3 is 19.3 Å². The number of carbonyl (C=O) groups excluding carboxylic acids is 2. The largest absolute Gasteiger partial charge is 0.414 e. The van der Waals surface area contributed by atoms with Gasteiger partial charge in [0.1, 0.15) is 11.6 Å². The number of carbonyl (C=O) groups is 2. The lowest BCUT2D eigenvalue weighted by molar-refractivity contribution is -0.113. The van der Waals surface area contributed by atoms with E-state index in [0.717, 1.165) is 38.8 Å². The van der Waals surface area contributed by atoms with Gasteiger partial charge in [-0.25, -0.2) is 9.18 Å². The fourth-order valence-corrected chi connectivity index (χ4v) is 3.91. The van der Waals surface area contributed by atoms with Gasteiger partial charge in [-0.2, -0.15) is 4.99 Å². The van der Waals surface area contributed by atoms with Crippen molar-refractivity contribution in [2.45, 2.75) is 0 Å². The fraction of sp³-hybridized carbons (Fsp3) is 0.450. The molecule has 0 aliphatic carbocycles. The topological polar surface area (TPSA) is 74.7 Å². The van der Waals surface area contributed by atoms with E-state index in [1.807, 2.05) is 0 Å². The zero-order valence-corrected chi connectivity index (χ0v) is 18.1. The average Bonchev–Trinajstić information content (AvgIpc) is 3.09. The predicted octanol–water partition coefficient (Wildman–Crippen LogP) is 2.12. The van der Waals surface area contributed by atoms with Crippen LogP contribution in [0.4, 0.5) is 9.18 Å². The van der Waals surface area contributed by atoms with E-state index >= 15 is 0 Å². The normalized spacial score (nSPS) is 18.7. The lowest BCUT2D eigenvalue weighted by Gasteiger charge is -2.35. The smallest absolute Gasteiger partial charge is 0.409 e. The number of aliphatic imine (C=N–C) groups is 1. The molecular formula is C20H25FN4O4S. The third-order valence-corrected chi connectivity index (χ3v) is 5.73. The predicted molar refractivity (Wildman–Crippen MR) is 114 cm³/mol. The zero-order valence-electron chi connectivity index (χ0n) is 17.3. The molecule has 8 nitrogen and oxygen atoms in total. The van der Waals surface area contributed by atoms with Crippen LogP contribution < -0.4 is 4.74 Å². The first-order chi connectivity index (χ1) is 14.4. The van der Waals surface area contributed by atoms with Crippen LogP contribution in [0.25, 0.3) is 6.08 Å². The zero-order chi connectivity index (χ0) is 21.7. The van der Waals surface area contributed by atoms with Crippen LogP contribution in [0.1, 0.15) is 5.56 Å². The Morgan fingerprint density at radius 3 is 2.70 bits per heavy atom. The summed E-state index contributed by atoms with van der Waals surface area (Å²) in [5, 5.41) is 0.659. The average molecular weight is 437 g/mol. The van der Waals surface area contributed by atoms with Crippen LogP contribution >= 0.6 is 11.8 Å². The number of nitrogens with zero attached hydrogens (tertiary/aromatic N) is 4. The molecule has 0 spiro atoms. The highest BCUT2D eigenvalue weighted by atomic mass is 32.2. The van der Waals surface area contributed by atoms with Crippen LogP contribution in [0.2, 0.25) is 0 Å². The first-order valence-corrected chi connectivity index (χ1v) is 10.4. The summed E-state index contributed by atoms with van der Waals surface area (Å²) in [6.07, 6.45) is 0.949. The minimum Gasteiger partial charge on any atom is -0.409 e. The molecule has 10 heteroatoms. The highest BCUT2D eigenvalue weighted by Crippen LogP contribution is 2.33. The maximum absolute atomic E-state index is 13.7. The van der Waals surface area contributed by atoms with Crippen LogP contribution in [0.15, 0.2) is 28.1 Å². The molecule has 1 saturated heterocycles.